The van der Waals surface area contributed by atoms with Gasteiger partial charge in [-0.15, -0.1) is 11.3 Å². The number of halogens is 3. The van der Waals surface area contributed by atoms with Crippen molar-refractivity contribution in [1.29, 1.82) is 0 Å². The summed E-state index contributed by atoms with van der Waals surface area (Å²) in [4.78, 5) is 21.4. The van der Waals surface area contributed by atoms with Crippen molar-refractivity contribution in [3.8, 4) is 16.9 Å². The van der Waals surface area contributed by atoms with E-state index in [-0.39, 0.29) is 12.5 Å². The first kappa shape index (κ1) is 26.7. The highest BCUT2D eigenvalue weighted by Crippen LogP contribution is 2.35. The molecular weight excluding hydrogens is 519 g/mol. The Hall–Kier alpha value is -3.37. The third-order valence-electron chi connectivity index (χ3n) is 5.48. The highest BCUT2D eigenvalue weighted by Gasteiger charge is 2.35. The second-order valence-electron chi connectivity index (χ2n) is 8.10. The molecule has 0 aliphatic rings. The van der Waals surface area contributed by atoms with Crippen molar-refractivity contribution in [2.24, 2.45) is 0 Å². The van der Waals surface area contributed by atoms with E-state index in [9.17, 15) is 18.0 Å². The van der Waals surface area contributed by atoms with Gasteiger partial charge in [0.05, 0.1) is 12.2 Å². The number of nitrogens with zero attached hydrogens (tertiary/aromatic N) is 2. The highest BCUT2D eigenvalue weighted by molar-refractivity contribution is 7.98. The molecule has 37 heavy (non-hydrogen) atoms. The average molecular weight is 544 g/mol. The Morgan fingerprint density at radius 3 is 2.59 bits per heavy atom. The number of nitrogens with one attached hydrogen (secondary N) is 1. The zero-order valence-electron chi connectivity index (χ0n) is 19.9. The lowest BCUT2D eigenvalue weighted by atomic mass is 9.96. The summed E-state index contributed by atoms with van der Waals surface area (Å²) < 4.78 is 45.2. The number of thiazole rings is 1. The van der Waals surface area contributed by atoms with Gasteiger partial charge in [0.2, 0.25) is 0 Å². The molecular formula is C27H24F3N3O2S2. The van der Waals surface area contributed by atoms with Crippen LogP contribution in [0.4, 0.5) is 13.2 Å². The van der Waals surface area contributed by atoms with Crippen molar-refractivity contribution in [1.82, 2.24) is 15.3 Å². The monoisotopic (exact) mass is 543 g/mol. The molecule has 5 nitrogen and oxygen atoms in total. The molecule has 0 bridgehead atoms. The van der Waals surface area contributed by atoms with Crippen LogP contribution in [0.25, 0.3) is 11.1 Å². The Bertz CT molecular complexity index is 1320. The van der Waals surface area contributed by atoms with Crippen molar-refractivity contribution in [2.45, 2.75) is 25.2 Å². The van der Waals surface area contributed by atoms with Crippen LogP contribution in [0.2, 0.25) is 0 Å². The molecule has 0 spiro atoms. The number of benzene rings is 2. The van der Waals surface area contributed by atoms with E-state index in [4.69, 9.17) is 4.74 Å². The molecule has 0 aliphatic carbocycles. The summed E-state index contributed by atoms with van der Waals surface area (Å²) in [6.07, 6.45) is 2.35. The van der Waals surface area contributed by atoms with Crippen LogP contribution >= 0.6 is 23.1 Å². The number of amides is 1. The van der Waals surface area contributed by atoms with E-state index >= 15 is 0 Å². The van der Waals surface area contributed by atoms with Gasteiger partial charge in [-0.2, -0.15) is 24.9 Å². The molecule has 2 aromatic heterocycles. The van der Waals surface area contributed by atoms with Gasteiger partial charge in [0.25, 0.3) is 5.91 Å². The van der Waals surface area contributed by atoms with Crippen LogP contribution in [0.15, 0.2) is 79.3 Å². The number of thioether (sulfide) groups is 1. The van der Waals surface area contributed by atoms with E-state index in [2.05, 4.69) is 15.3 Å². The SMILES string of the molecule is CSCCC(NC(=O)c1ccc(COc2cccnc2)cc1-c1ccccc1)c1cnc(C(F)(F)F)s1. The van der Waals surface area contributed by atoms with Crippen LogP contribution < -0.4 is 10.1 Å². The number of ether oxygens (including phenoxy) is 1. The molecule has 0 radical (unpaired) electrons. The van der Waals surface area contributed by atoms with Gasteiger partial charge < -0.3 is 10.1 Å². The van der Waals surface area contributed by atoms with Crippen molar-refractivity contribution in [2.75, 3.05) is 12.0 Å². The zero-order valence-corrected chi connectivity index (χ0v) is 21.5. The van der Waals surface area contributed by atoms with Crippen molar-refractivity contribution in [3.05, 3.63) is 100 Å². The summed E-state index contributed by atoms with van der Waals surface area (Å²) in [7, 11) is 0. The predicted molar refractivity (Wildman–Crippen MR) is 141 cm³/mol. The maximum absolute atomic E-state index is 13.5. The molecule has 2 heterocycles. The minimum atomic E-state index is -4.52. The largest absolute Gasteiger partial charge is 0.487 e. The Morgan fingerprint density at radius 2 is 1.92 bits per heavy atom. The van der Waals surface area contributed by atoms with Crippen LogP contribution in [0.1, 0.15) is 38.3 Å². The minimum Gasteiger partial charge on any atom is -0.487 e. The van der Waals surface area contributed by atoms with Gasteiger partial charge in [0, 0.05) is 22.8 Å². The second-order valence-corrected chi connectivity index (χ2v) is 10.1. The first-order valence-electron chi connectivity index (χ1n) is 11.4. The fourth-order valence-electron chi connectivity index (χ4n) is 3.67. The minimum absolute atomic E-state index is 0.283. The highest BCUT2D eigenvalue weighted by atomic mass is 32.2. The summed E-state index contributed by atoms with van der Waals surface area (Å²) in [6.45, 7) is 0.283. The van der Waals surface area contributed by atoms with Crippen molar-refractivity contribution in [3.63, 3.8) is 0 Å². The van der Waals surface area contributed by atoms with E-state index in [0.29, 0.717) is 45.3 Å². The van der Waals surface area contributed by atoms with Crippen molar-refractivity contribution < 1.29 is 22.7 Å². The fraction of sp³-hybridized carbons (Fsp3) is 0.222. The second kappa shape index (κ2) is 12.2. The third-order valence-corrected chi connectivity index (χ3v) is 7.28. The zero-order chi connectivity index (χ0) is 26.3. The summed E-state index contributed by atoms with van der Waals surface area (Å²) in [6, 6.07) is 17.9. The fourth-order valence-corrected chi connectivity index (χ4v) is 5.01. The normalized spacial score (nSPS) is 12.2. The van der Waals surface area contributed by atoms with E-state index in [1.54, 1.807) is 36.3 Å². The van der Waals surface area contributed by atoms with E-state index in [1.165, 1.54) is 6.20 Å². The van der Waals surface area contributed by atoms with Gasteiger partial charge in [-0.05, 0) is 59.4 Å². The van der Waals surface area contributed by atoms with Crippen molar-refractivity contribution >= 4 is 29.0 Å². The molecule has 1 amide bonds. The number of pyridine rings is 1. The van der Waals surface area contributed by atoms with Crippen LogP contribution in [-0.2, 0) is 12.8 Å². The predicted octanol–water partition coefficient (Wildman–Crippen LogP) is 7.03. The lowest BCUT2D eigenvalue weighted by molar-refractivity contribution is -0.137. The first-order valence-corrected chi connectivity index (χ1v) is 13.6. The molecule has 1 unspecified atom stereocenters. The molecule has 0 saturated carbocycles. The number of rotatable bonds is 10. The van der Waals surface area contributed by atoms with E-state index in [1.807, 2.05) is 54.8 Å². The quantitative estimate of drug-likeness (QED) is 0.233. The van der Waals surface area contributed by atoms with E-state index in [0.717, 1.165) is 11.1 Å². The topological polar surface area (TPSA) is 64.1 Å². The van der Waals surface area contributed by atoms with Gasteiger partial charge in [0.15, 0.2) is 5.01 Å². The lowest BCUT2D eigenvalue weighted by Gasteiger charge is -2.19. The van der Waals surface area contributed by atoms with Gasteiger partial charge in [0.1, 0.15) is 12.4 Å². The van der Waals surface area contributed by atoms with Gasteiger partial charge >= 0.3 is 6.18 Å². The number of carbonyl (C=O) groups is 1. The smallest absolute Gasteiger partial charge is 0.443 e. The molecule has 2 aromatic carbocycles. The van der Waals surface area contributed by atoms with Crippen LogP contribution in [0.5, 0.6) is 5.75 Å². The maximum Gasteiger partial charge on any atom is 0.443 e. The Morgan fingerprint density at radius 1 is 1.11 bits per heavy atom. The van der Waals surface area contributed by atoms with Crippen LogP contribution in [0, 0.1) is 0 Å². The first-order chi connectivity index (χ1) is 17.8. The maximum atomic E-state index is 13.5. The van der Waals surface area contributed by atoms with E-state index < -0.39 is 17.2 Å². The van der Waals surface area contributed by atoms with Gasteiger partial charge in [-0.1, -0.05) is 36.4 Å². The Kier molecular flexibility index (Phi) is 8.83. The molecule has 0 saturated heterocycles. The molecule has 4 rings (SSSR count). The molecule has 0 aliphatic heterocycles. The lowest BCUT2D eigenvalue weighted by Crippen LogP contribution is -2.29. The van der Waals surface area contributed by atoms with Crippen LogP contribution in [-0.4, -0.2) is 27.9 Å². The number of hydrogen-bond acceptors (Lipinski definition) is 6. The number of alkyl halides is 3. The summed E-state index contributed by atoms with van der Waals surface area (Å²) in [5.74, 6) is 0.928. The average Bonchev–Trinajstić information content (AvgIpc) is 3.42. The molecule has 1 N–H and O–H groups in total. The van der Waals surface area contributed by atoms with Crippen LogP contribution in [0.3, 0.4) is 0 Å². The number of hydrogen-bond donors (Lipinski definition) is 1. The number of aromatic nitrogens is 2. The molecule has 0 fully saturated rings. The molecule has 1 atom stereocenters. The standard InChI is InChI=1S/C27H24F3N3O2S2/c1-36-13-11-23(24-16-32-26(37-24)27(28,29)30)33-25(34)21-10-9-18(17-35-20-8-5-12-31-15-20)14-22(21)19-6-3-2-4-7-19/h2-10,12,14-16,23H,11,13,17H2,1H3,(H,33,34). The Balaban J connectivity index is 1.61. The summed E-state index contributed by atoms with van der Waals surface area (Å²) in [5, 5.41) is 2.03. The van der Waals surface area contributed by atoms with Gasteiger partial charge in [-0.3, -0.25) is 9.78 Å². The van der Waals surface area contributed by atoms with Gasteiger partial charge in [-0.25, -0.2) is 4.98 Å². The summed E-state index contributed by atoms with van der Waals surface area (Å²) >= 11 is 2.12. The molecule has 192 valence electrons. The molecule has 4 aromatic rings. The number of carbonyl (C=O) groups excluding carboxylic acids is 1. The Labute approximate surface area is 221 Å². The summed E-state index contributed by atoms with van der Waals surface area (Å²) in [5.41, 5.74) is 2.82. The molecule has 10 heteroatoms. The third kappa shape index (κ3) is 7.11.